The summed E-state index contributed by atoms with van der Waals surface area (Å²) in [5, 5.41) is 0. The van der Waals surface area contributed by atoms with E-state index in [9.17, 15) is 4.21 Å². The minimum Gasteiger partial charge on any atom is -0.472 e. The fourth-order valence-corrected chi connectivity index (χ4v) is 2.44. The molecule has 0 bridgehead atoms. The first-order valence-electron chi connectivity index (χ1n) is 3.50. The highest BCUT2D eigenvalue weighted by Gasteiger charge is 2.06. The molecule has 0 aliphatic rings. The SMILES string of the molecule is O=S(O)c1ccc(-c2ccoc2)s1. The molecule has 2 rings (SSSR count). The molecule has 3 nitrogen and oxygen atoms in total. The van der Waals surface area contributed by atoms with Crippen LogP contribution in [0, 0.1) is 0 Å². The van der Waals surface area contributed by atoms with Gasteiger partial charge in [0.25, 0.3) is 0 Å². The smallest absolute Gasteiger partial charge is 0.196 e. The third kappa shape index (κ3) is 1.72. The molecule has 0 saturated heterocycles. The lowest BCUT2D eigenvalue weighted by Gasteiger charge is -1.86. The molecule has 1 unspecified atom stereocenters. The molecule has 1 N–H and O–H groups in total. The minimum atomic E-state index is -1.88. The van der Waals surface area contributed by atoms with Crippen LogP contribution < -0.4 is 0 Å². The highest BCUT2D eigenvalue weighted by Crippen LogP contribution is 2.29. The third-order valence-corrected chi connectivity index (χ3v) is 3.65. The van der Waals surface area contributed by atoms with Crippen molar-refractivity contribution in [3.63, 3.8) is 0 Å². The summed E-state index contributed by atoms with van der Waals surface area (Å²) in [6.45, 7) is 0. The lowest BCUT2D eigenvalue weighted by Crippen LogP contribution is -1.79. The Labute approximate surface area is 81.3 Å². The largest absolute Gasteiger partial charge is 0.472 e. The molecule has 0 spiro atoms. The van der Waals surface area contributed by atoms with E-state index in [0.717, 1.165) is 10.4 Å². The van der Waals surface area contributed by atoms with Gasteiger partial charge < -0.3 is 8.97 Å². The Morgan fingerprint density at radius 2 is 2.23 bits per heavy atom. The van der Waals surface area contributed by atoms with Gasteiger partial charge in [0, 0.05) is 10.4 Å². The van der Waals surface area contributed by atoms with Crippen molar-refractivity contribution in [2.45, 2.75) is 4.21 Å². The lowest BCUT2D eigenvalue weighted by molar-refractivity contribution is 0.566. The first-order valence-corrected chi connectivity index (χ1v) is 5.43. The number of hydrogen-bond acceptors (Lipinski definition) is 3. The summed E-state index contributed by atoms with van der Waals surface area (Å²) in [7, 11) is 0. The van der Waals surface area contributed by atoms with Crippen LogP contribution in [0.1, 0.15) is 0 Å². The molecule has 13 heavy (non-hydrogen) atoms. The van der Waals surface area contributed by atoms with Crippen molar-refractivity contribution in [2.75, 3.05) is 0 Å². The molecule has 2 aromatic heterocycles. The van der Waals surface area contributed by atoms with E-state index in [2.05, 4.69) is 0 Å². The highest BCUT2D eigenvalue weighted by atomic mass is 32.2. The summed E-state index contributed by atoms with van der Waals surface area (Å²) >= 11 is -0.593. The molecule has 0 aliphatic carbocycles. The Balaban J connectivity index is 2.39. The van der Waals surface area contributed by atoms with Gasteiger partial charge >= 0.3 is 0 Å². The van der Waals surface area contributed by atoms with Gasteiger partial charge in [0.15, 0.2) is 11.1 Å². The summed E-state index contributed by atoms with van der Waals surface area (Å²) in [6.07, 6.45) is 3.18. The van der Waals surface area contributed by atoms with Crippen LogP contribution in [-0.4, -0.2) is 8.76 Å². The molecule has 2 aromatic rings. The standard InChI is InChI=1S/C8H6O3S2/c9-13(10)8-2-1-7(12-8)6-3-4-11-5-6/h1-5H,(H,9,10). The highest BCUT2D eigenvalue weighted by molar-refractivity contribution is 7.81. The van der Waals surface area contributed by atoms with E-state index >= 15 is 0 Å². The zero-order chi connectivity index (χ0) is 9.26. The zero-order valence-electron chi connectivity index (χ0n) is 6.47. The van der Waals surface area contributed by atoms with E-state index in [-0.39, 0.29) is 0 Å². The fourth-order valence-electron chi connectivity index (χ4n) is 0.974. The van der Waals surface area contributed by atoms with Crippen LogP contribution in [0.5, 0.6) is 0 Å². The molecule has 2 heterocycles. The number of furan rings is 1. The van der Waals surface area contributed by atoms with Gasteiger partial charge in [0.2, 0.25) is 0 Å². The van der Waals surface area contributed by atoms with Crippen molar-refractivity contribution in [2.24, 2.45) is 0 Å². The molecule has 68 valence electrons. The Kier molecular flexibility index (Phi) is 2.30. The first-order chi connectivity index (χ1) is 6.27. The van der Waals surface area contributed by atoms with E-state index in [4.69, 9.17) is 8.97 Å². The molecule has 0 aromatic carbocycles. The van der Waals surface area contributed by atoms with Gasteiger partial charge in [-0.25, -0.2) is 4.21 Å². The summed E-state index contributed by atoms with van der Waals surface area (Å²) < 4.78 is 24.8. The van der Waals surface area contributed by atoms with E-state index < -0.39 is 11.1 Å². The molecule has 5 heteroatoms. The van der Waals surface area contributed by atoms with Crippen LogP contribution in [0.2, 0.25) is 0 Å². The summed E-state index contributed by atoms with van der Waals surface area (Å²) in [5.41, 5.74) is 0.932. The van der Waals surface area contributed by atoms with Crippen LogP contribution >= 0.6 is 11.3 Å². The Bertz CT molecular complexity index is 416. The van der Waals surface area contributed by atoms with Crippen molar-refractivity contribution in [3.8, 4) is 10.4 Å². The first kappa shape index (κ1) is 8.68. The second-order valence-electron chi connectivity index (χ2n) is 2.38. The van der Waals surface area contributed by atoms with Gasteiger partial charge in [0.1, 0.15) is 4.21 Å². The van der Waals surface area contributed by atoms with Crippen molar-refractivity contribution in [1.29, 1.82) is 0 Å². The van der Waals surface area contributed by atoms with Crippen molar-refractivity contribution in [1.82, 2.24) is 0 Å². The fraction of sp³-hybridized carbons (Fsp3) is 0. The topological polar surface area (TPSA) is 50.4 Å². The third-order valence-electron chi connectivity index (χ3n) is 1.56. The maximum atomic E-state index is 10.7. The predicted molar refractivity (Wildman–Crippen MR) is 51.1 cm³/mol. The van der Waals surface area contributed by atoms with Gasteiger partial charge in [-0.3, -0.25) is 0 Å². The van der Waals surface area contributed by atoms with Crippen molar-refractivity contribution < 1.29 is 13.2 Å². The van der Waals surface area contributed by atoms with E-state index in [1.807, 2.05) is 6.07 Å². The van der Waals surface area contributed by atoms with E-state index in [0.29, 0.717) is 4.21 Å². The maximum Gasteiger partial charge on any atom is 0.196 e. The summed E-state index contributed by atoms with van der Waals surface area (Å²) in [4.78, 5) is 0.936. The molecule has 0 fully saturated rings. The molecular formula is C8H6O3S2. The van der Waals surface area contributed by atoms with Crippen LogP contribution in [0.3, 0.4) is 0 Å². The lowest BCUT2D eigenvalue weighted by atomic mass is 10.3. The second kappa shape index (κ2) is 3.45. The Hall–Kier alpha value is -0.910. The number of hydrogen-bond donors (Lipinski definition) is 1. The van der Waals surface area contributed by atoms with Gasteiger partial charge in [-0.1, -0.05) is 0 Å². The molecule has 0 aliphatic heterocycles. The van der Waals surface area contributed by atoms with Gasteiger partial charge in [-0.2, -0.15) is 0 Å². The average molecular weight is 214 g/mol. The quantitative estimate of drug-likeness (QED) is 0.782. The number of thiophene rings is 1. The Morgan fingerprint density at radius 3 is 2.77 bits per heavy atom. The molecule has 1 atom stereocenters. The van der Waals surface area contributed by atoms with Crippen LogP contribution in [-0.2, 0) is 11.1 Å². The second-order valence-corrected chi connectivity index (χ2v) is 4.66. The van der Waals surface area contributed by atoms with Gasteiger partial charge in [0.05, 0.1) is 12.5 Å². The monoisotopic (exact) mass is 214 g/mol. The van der Waals surface area contributed by atoms with Crippen molar-refractivity contribution >= 4 is 22.4 Å². The summed E-state index contributed by atoms with van der Waals surface area (Å²) in [5.74, 6) is 0. The maximum absolute atomic E-state index is 10.7. The summed E-state index contributed by atoms with van der Waals surface area (Å²) in [6, 6.07) is 5.26. The van der Waals surface area contributed by atoms with Gasteiger partial charge in [-0.15, -0.1) is 11.3 Å². The molecule has 0 amide bonds. The molecule has 0 radical (unpaired) electrons. The molecular weight excluding hydrogens is 208 g/mol. The van der Waals surface area contributed by atoms with E-state index in [1.165, 1.54) is 11.3 Å². The van der Waals surface area contributed by atoms with Crippen LogP contribution in [0.15, 0.2) is 39.4 Å². The molecule has 0 saturated carbocycles. The van der Waals surface area contributed by atoms with Crippen LogP contribution in [0.4, 0.5) is 0 Å². The number of rotatable bonds is 2. The minimum absolute atomic E-state index is 0.455. The van der Waals surface area contributed by atoms with Crippen molar-refractivity contribution in [3.05, 3.63) is 30.7 Å². The Morgan fingerprint density at radius 1 is 1.38 bits per heavy atom. The van der Waals surface area contributed by atoms with Crippen LogP contribution in [0.25, 0.3) is 10.4 Å². The zero-order valence-corrected chi connectivity index (χ0v) is 8.10. The normalized spacial score (nSPS) is 13.0. The van der Waals surface area contributed by atoms with Gasteiger partial charge in [-0.05, 0) is 18.2 Å². The van der Waals surface area contributed by atoms with E-state index in [1.54, 1.807) is 24.7 Å². The average Bonchev–Trinajstić information content (AvgIpc) is 2.75. The predicted octanol–water partition coefficient (Wildman–Crippen LogP) is 2.59.